The highest BCUT2D eigenvalue weighted by Crippen LogP contribution is 2.23. The Morgan fingerprint density at radius 2 is 2.31 bits per heavy atom. The normalized spacial score (nSPS) is 11.8. The van der Waals surface area contributed by atoms with Crippen molar-refractivity contribution in [2.75, 3.05) is 0 Å². The van der Waals surface area contributed by atoms with Crippen LogP contribution in [0.4, 0.5) is 0 Å². The Bertz CT molecular complexity index is 367. The first-order valence-electron chi connectivity index (χ1n) is 3.79. The van der Waals surface area contributed by atoms with E-state index in [2.05, 4.69) is 15.9 Å². The Balaban J connectivity index is 3.03. The van der Waals surface area contributed by atoms with Gasteiger partial charge in [-0.25, -0.2) is 0 Å². The van der Waals surface area contributed by atoms with Gasteiger partial charge in [-0.15, -0.1) is 0 Å². The second-order valence-corrected chi connectivity index (χ2v) is 3.63. The molecule has 3 heteroatoms. The largest absolute Gasteiger partial charge is 0.298 e. The van der Waals surface area contributed by atoms with Crippen LogP contribution in [0.2, 0.25) is 0 Å². The van der Waals surface area contributed by atoms with Crippen molar-refractivity contribution in [2.24, 2.45) is 0 Å². The molecule has 1 atom stereocenters. The zero-order valence-corrected chi connectivity index (χ0v) is 8.71. The minimum absolute atomic E-state index is 0.0371. The number of ketones is 1. The number of hydrogen-bond acceptors (Lipinski definition) is 2. The summed E-state index contributed by atoms with van der Waals surface area (Å²) >= 11 is 3.25. The smallest absolute Gasteiger partial charge is 0.147 e. The summed E-state index contributed by atoms with van der Waals surface area (Å²) in [6.45, 7) is 1.51. The van der Waals surface area contributed by atoms with Crippen molar-refractivity contribution in [2.45, 2.75) is 11.8 Å². The maximum absolute atomic E-state index is 11.0. The Labute approximate surface area is 85.3 Å². The molecule has 0 radical (unpaired) electrons. The second kappa shape index (κ2) is 4.20. The summed E-state index contributed by atoms with van der Waals surface area (Å²) in [4.78, 5) is 10.7. The first kappa shape index (κ1) is 9.94. The van der Waals surface area contributed by atoms with Crippen LogP contribution in [-0.2, 0) is 4.79 Å². The molecule has 0 N–H and O–H groups in total. The molecule has 0 heterocycles. The van der Waals surface area contributed by atoms with E-state index in [1.165, 1.54) is 6.92 Å². The van der Waals surface area contributed by atoms with Gasteiger partial charge in [0.05, 0.1) is 16.5 Å². The number of benzene rings is 1. The van der Waals surface area contributed by atoms with Crippen molar-refractivity contribution in [1.82, 2.24) is 0 Å². The topological polar surface area (TPSA) is 40.9 Å². The van der Waals surface area contributed by atoms with Gasteiger partial charge in [0.25, 0.3) is 0 Å². The van der Waals surface area contributed by atoms with Crippen molar-refractivity contribution in [3.8, 4) is 6.07 Å². The minimum Gasteiger partial charge on any atom is -0.298 e. The summed E-state index contributed by atoms with van der Waals surface area (Å²) < 4.78 is 0. The first-order valence-corrected chi connectivity index (χ1v) is 4.71. The lowest BCUT2D eigenvalue weighted by Crippen LogP contribution is -2.00. The van der Waals surface area contributed by atoms with Gasteiger partial charge in [-0.3, -0.25) is 4.79 Å². The van der Waals surface area contributed by atoms with Gasteiger partial charge < -0.3 is 0 Å². The van der Waals surface area contributed by atoms with E-state index in [4.69, 9.17) is 5.26 Å². The van der Waals surface area contributed by atoms with Crippen LogP contribution in [-0.4, -0.2) is 5.78 Å². The third-order valence-corrected chi connectivity index (χ3v) is 2.84. The summed E-state index contributed by atoms with van der Waals surface area (Å²) in [6.07, 6.45) is 0. The number of rotatable bonds is 2. The van der Waals surface area contributed by atoms with E-state index < -0.39 is 0 Å². The van der Waals surface area contributed by atoms with Gasteiger partial charge in [0, 0.05) is 0 Å². The van der Waals surface area contributed by atoms with Gasteiger partial charge in [0.1, 0.15) is 5.78 Å². The molecule has 13 heavy (non-hydrogen) atoms. The summed E-state index contributed by atoms with van der Waals surface area (Å²) in [6, 6.07) is 9.04. The van der Waals surface area contributed by atoms with Crippen LogP contribution in [0.1, 0.15) is 22.9 Å². The van der Waals surface area contributed by atoms with Crippen LogP contribution in [0.3, 0.4) is 0 Å². The van der Waals surface area contributed by atoms with Crippen LogP contribution in [0.15, 0.2) is 24.3 Å². The van der Waals surface area contributed by atoms with E-state index in [1.54, 1.807) is 18.2 Å². The first-order chi connectivity index (χ1) is 6.15. The molecule has 0 saturated carbocycles. The van der Waals surface area contributed by atoms with E-state index in [-0.39, 0.29) is 10.6 Å². The fourth-order valence-corrected chi connectivity index (χ4v) is 1.29. The molecule has 0 spiro atoms. The van der Waals surface area contributed by atoms with Crippen molar-refractivity contribution in [3.05, 3.63) is 35.4 Å². The second-order valence-electron chi connectivity index (χ2n) is 2.71. The number of carbonyl (C=O) groups excluding carboxylic acids is 1. The zero-order chi connectivity index (χ0) is 9.84. The molecule has 1 rings (SSSR count). The molecule has 1 unspecified atom stereocenters. The van der Waals surface area contributed by atoms with Crippen LogP contribution in [0.5, 0.6) is 0 Å². The Kier molecular flexibility index (Phi) is 3.21. The molecule has 0 aromatic heterocycles. The number of alkyl halides is 1. The van der Waals surface area contributed by atoms with Gasteiger partial charge >= 0.3 is 0 Å². The average molecular weight is 238 g/mol. The van der Waals surface area contributed by atoms with Crippen molar-refractivity contribution < 1.29 is 4.79 Å². The van der Waals surface area contributed by atoms with Gasteiger partial charge in [-0.1, -0.05) is 28.1 Å². The van der Waals surface area contributed by atoms with E-state index >= 15 is 0 Å². The van der Waals surface area contributed by atoms with Crippen LogP contribution < -0.4 is 0 Å². The molecule has 0 aliphatic carbocycles. The molecule has 1 aromatic carbocycles. The SMILES string of the molecule is CC(=O)C(Br)c1cccc(C#N)c1. The van der Waals surface area contributed by atoms with Gasteiger partial charge in [-0.05, 0) is 24.6 Å². The fourth-order valence-electron chi connectivity index (χ4n) is 1.00. The molecule has 1 aromatic rings. The van der Waals surface area contributed by atoms with E-state index in [0.29, 0.717) is 5.56 Å². The number of Topliss-reactive ketones (excluding diaryl/α,β-unsaturated/α-hetero) is 1. The molecule has 66 valence electrons. The maximum atomic E-state index is 11.0. The molecule has 0 saturated heterocycles. The molecular formula is C10H8BrNO. The highest BCUT2D eigenvalue weighted by Gasteiger charge is 2.12. The van der Waals surface area contributed by atoms with Gasteiger partial charge in [0.2, 0.25) is 0 Å². The molecule has 0 aliphatic heterocycles. The standard InChI is InChI=1S/C10H8BrNO/c1-7(13)10(11)9-4-2-3-8(5-9)6-12/h2-5,10H,1H3. The highest BCUT2D eigenvalue weighted by atomic mass is 79.9. The summed E-state index contributed by atoms with van der Waals surface area (Å²) in [5.74, 6) is 0.0371. The molecule has 0 aliphatic rings. The fraction of sp³-hybridized carbons (Fsp3) is 0.200. The number of carbonyl (C=O) groups is 1. The summed E-state index contributed by atoms with van der Waals surface area (Å²) in [5, 5.41) is 8.63. The Hall–Kier alpha value is -1.14. The van der Waals surface area contributed by atoms with Crippen molar-refractivity contribution in [3.63, 3.8) is 0 Å². The van der Waals surface area contributed by atoms with Gasteiger partial charge in [0.15, 0.2) is 0 Å². The quantitative estimate of drug-likeness (QED) is 0.743. The lowest BCUT2D eigenvalue weighted by Gasteiger charge is -2.05. The number of nitriles is 1. The predicted octanol–water partition coefficient (Wildman–Crippen LogP) is 2.58. The van der Waals surface area contributed by atoms with E-state index in [0.717, 1.165) is 5.56 Å². The van der Waals surface area contributed by atoms with Gasteiger partial charge in [-0.2, -0.15) is 5.26 Å². The lowest BCUT2D eigenvalue weighted by molar-refractivity contribution is -0.116. The lowest BCUT2D eigenvalue weighted by atomic mass is 10.1. The number of halogens is 1. The molecule has 0 fully saturated rings. The molecule has 0 bridgehead atoms. The number of hydrogen-bond donors (Lipinski definition) is 0. The van der Waals surface area contributed by atoms with Crippen LogP contribution >= 0.6 is 15.9 Å². The maximum Gasteiger partial charge on any atom is 0.147 e. The molecule has 0 amide bonds. The third-order valence-electron chi connectivity index (χ3n) is 1.67. The predicted molar refractivity (Wildman–Crippen MR) is 53.5 cm³/mol. The highest BCUT2D eigenvalue weighted by molar-refractivity contribution is 9.09. The van der Waals surface area contributed by atoms with Crippen LogP contribution in [0.25, 0.3) is 0 Å². The third kappa shape index (κ3) is 2.40. The monoisotopic (exact) mass is 237 g/mol. The summed E-state index contributed by atoms with van der Waals surface area (Å²) in [7, 11) is 0. The Morgan fingerprint density at radius 1 is 1.62 bits per heavy atom. The zero-order valence-electron chi connectivity index (χ0n) is 7.12. The Morgan fingerprint density at radius 3 is 2.85 bits per heavy atom. The van der Waals surface area contributed by atoms with Crippen molar-refractivity contribution in [1.29, 1.82) is 5.26 Å². The summed E-state index contributed by atoms with van der Waals surface area (Å²) in [5.41, 5.74) is 1.40. The van der Waals surface area contributed by atoms with Crippen molar-refractivity contribution >= 4 is 21.7 Å². The minimum atomic E-state index is -0.305. The van der Waals surface area contributed by atoms with E-state index in [9.17, 15) is 4.79 Å². The molecule has 2 nitrogen and oxygen atoms in total. The average Bonchev–Trinajstić information content (AvgIpc) is 2.16. The molecular weight excluding hydrogens is 230 g/mol. The van der Waals surface area contributed by atoms with Crippen LogP contribution in [0, 0.1) is 11.3 Å². The number of nitrogens with zero attached hydrogens (tertiary/aromatic N) is 1. The van der Waals surface area contributed by atoms with E-state index in [1.807, 2.05) is 12.1 Å².